The van der Waals surface area contributed by atoms with Gasteiger partial charge in [0, 0.05) is 0 Å². The van der Waals surface area contributed by atoms with Crippen molar-refractivity contribution in [1.82, 2.24) is 4.68 Å². The van der Waals surface area contributed by atoms with Gasteiger partial charge in [0.2, 0.25) is 0 Å². The molecule has 0 saturated heterocycles. The fourth-order valence-electron chi connectivity index (χ4n) is 1.16. The van der Waals surface area contributed by atoms with Gasteiger partial charge in [0.05, 0.1) is 0 Å². The third kappa shape index (κ3) is 1.20. The lowest BCUT2D eigenvalue weighted by Crippen LogP contribution is -2.37. The van der Waals surface area contributed by atoms with E-state index in [1.807, 2.05) is 4.68 Å². The predicted octanol–water partition coefficient (Wildman–Crippen LogP) is -4.71. The number of aromatic nitrogens is 1. The number of rotatable bonds is 0. The van der Waals surface area contributed by atoms with E-state index in [1.54, 1.807) is 4.43 Å². The Morgan fingerprint density at radius 2 is 1.70 bits per heavy atom. The van der Waals surface area contributed by atoms with Crippen LogP contribution in [0.2, 0.25) is 0 Å². The van der Waals surface area contributed by atoms with Gasteiger partial charge in [-0.05, 0) is 11.5 Å². The van der Waals surface area contributed by atoms with Gasteiger partial charge < -0.3 is 10.5 Å². The van der Waals surface area contributed by atoms with Crippen molar-refractivity contribution >= 4 is 62.4 Å². The molecule has 0 spiro atoms. The summed E-state index contributed by atoms with van der Waals surface area (Å²) >= 11 is 3.33. The molecule has 0 bridgehead atoms. The first-order valence-corrected chi connectivity index (χ1v) is 6.46. The van der Waals surface area contributed by atoms with Gasteiger partial charge >= 0.3 is 0 Å². The van der Waals surface area contributed by atoms with Crippen LogP contribution in [0.3, 0.4) is 0 Å². The number of nitrogens with two attached hydrogens (primary N) is 1. The lowest BCUT2D eigenvalue weighted by molar-refractivity contribution is 1.09. The molecule has 2 nitrogen and oxygen atoms in total. The molecule has 50 valence electrons. The Bertz CT molecular complexity index is 186. The predicted molar refractivity (Wildman–Crippen MR) is 53.9 cm³/mol. The average Bonchev–Trinajstić information content (AvgIpc) is 2.07. The summed E-state index contributed by atoms with van der Waals surface area (Å²) < 4.78 is 6.21. The highest BCUT2D eigenvalue weighted by atomic mass is 27.1. The fraction of sp³-hybridized carbons (Fsp3) is 0.200. The molecule has 1 rings (SSSR count). The molecule has 0 amide bonds. The van der Waals surface area contributed by atoms with Crippen molar-refractivity contribution in [2.45, 2.75) is 6.92 Å². The minimum atomic E-state index is 1.08. The van der Waals surface area contributed by atoms with Gasteiger partial charge in [-0.1, -0.05) is 10.1 Å². The highest BCUT2D eigenvalue weighted by molar-refractivity contribution is 6.51. The highest BCUT2D eigenvalue weighted by Gasteiger charge is 2.05. The van der Waals surface area contributed by atoms with E-state index in [2.05, 4.69) is 6.92 Å². The van der Waals surface area contributed by atoms with E-state index in [0.717, 1.165) is 48.9 Å². The standard InChI is InChI=1S/C5H5N2.3Al.6H/c1-5-2-3-7(6)4-5;;;;;;;;;/h6H2,1H3;;;;;;;;;. The molecule has 0 radical (unpaired) electrons. The molecule has 1 aromatic heterocycles. The van der Waals surface area contributed by atoms with Crippen LogP contribution in [-0.4, -0.2) is 53.5 Å². The molecule has 0 aliphatic rings. The van der Waals surface area contributed by atoms with Crippen LogP contribution < -0.4 is 19.4 Å². The second-order valence-electron chi connectivity index (χ2n) is 2.79. The van der Waals surface area contributed by atoms with Gasteiger partial charge in [-0.15, -0.1) is 4.43 Å². The summed E-state index contributed by atoms with van der Waals surface area (Å²) in [5, 5.41) is 0. The third-order valence-electron chi connectivity index (χ3n) is 2.37. The minimum absolute atomic E-state index is 1.08. The van der Waals surface area contributed by atoms with Crippen molar-refractivity contribution in [3.63, 3.8) is 0 Å². The molecule has 1 heterocycles. The number of nitrogen functional groups attached to an aromatic ring is 1. The van der Waals surface area contributed by atoms with Gasteiger partial charge in [0.15, 0.2) is 0 Å². The van der Waals surface area contributed by atoms with E-state index in [4.69, 9.17) is 5.84 Å². The zero-order valence-corrected chi connectivity index (χ0v) is 13.0. The largest absolute Gasteiger partial charge is 0.342 e. The van der Waals surface area contributed by atoms with E-state index < -0.39 is 0 Å². The molecule has 5 heteroatoms. The smallest absolute Gasteiger partial charge is 0.290 e. The number of hydrogen-bond donors (Lipinski definition) is 1. The van der Waals surface area contributed by atoms with E-state index >= 15 is 0 Å². The first-order valence-electron chi connectivity index (χ1n) is 3.46. The molecule has 2 N–H and O–H groups in total. The molecule has 0 aliphatic carbocycles. The van der Waals surface area contributed by atoms with E-state index in [9.17, 15) is 0 Å². The fourth-order valence-corrected chi connectivity index (χ4v) is 4.13. The van der Waals surface area contributed by atoms with Crippen molar-refractivity contribution in [3.8, 4) is 0 Å². The Balaban J connectivity index is 3.44. The van der Waals surface area contributed by atoms with Crippen molar-refractivity contribution in [1.29, 1.82) is 0 Å². The summed E-state index contributed by atoms with van der Waals surface area (Å²) in [7, 11) is 0. The van der Waals surface area contributed by atoms with E-state index in [-0.39, 0.29) is 0 Å². The lowest BCUT2D eigenvalue weighted by Gasteiger charge is -2.00. The number of nitrogens with zero attached hydrogens (tertiary/aromatic N) is 1. The zero-order chi connectivity index (χ0) is 7.89. The van der Waals surface area contributed by atoms with Gasteiger partial charge in [-0.2, -0.15) is 0 Å². The lowest BCUT2D eigenvalue weighted by atomic mass is 10.4. The van der Waals surface area contributed by atoms with Crippen LogP contribution >= 0.6 is 0 Å². The summed E-state index contributed by atoms with van der Waals surface area (Å²) in [6.45, 7) is 2.19. The summed E-state index contributed by atoms with van der Waals surface area (Å²) in [6.07, 6.45) is 0. The minimum Gasteiger partial charge on any atom is -0.342 e. The maximum atomic E-state index is 5.81. The van der Waals surface area contributed by atoms with Crippen molar-refractivity contribution < 1.29 is 0 Å². The van der Waals surface area contributed by atoms with Crippen molar-refractivity contribution in [3.05, 3.63) is 5.56 Å². The molecule has 0 unspecified atom stereocenters. The quantitative estimate of drug-likeness (QED) is 0.315. The van der Waals surface area contributed by atoms with Crippen LogP contribution in [0.1, 0.15) is 5.56 Å². The van der Waals surface area contributed by atoms with Crippen molar-refractivity contribution in [2.24, 2.45) is 0 Å². The van der Waals surface area contributed by atoms with Crippen LogP contribution in [0.25, 0.3) is 0 Å². The topological polar surface area (TPSA) is 30.9 Å². The second kappa shape index (κ2) is 2.96. The van der Waals surface area contributed by atoms with Gasteiger partial charge in [0.25, 0.3) is 48.9 Å². The van der Waals surface area contributed by atoms with Gasteiger partial charge in [-0.3, -0.25) is 0 Å². The van der Waals surface area contributed by atoms with E-state index in [0.29, 0.717) is 0 Å². The summed E-state index contributed by atoms with van der Waals surface area (Å²) in [4.78, 5) is 0. The Morgan fingerprint density at radius 1 is 1.20 bits per heavy atom. The third-order valence-corrected chi connectivity index (χ3v) is 7.31. The van der Waals surface area contributed by atoms with Crippen LogP contribution in [0.4, 0.5) is 0 Å². The molecule has 0 saturated carbocycles. The number of hydrogen-bond acceptors (Lipinski definition) is 1. The Kier molecular flexibility index (Phi) is 2.60. The molecule has 10 heavy (non-hydrogen) atoms. The normalized spacial score (nSPS) is 10.1. The maximum absolute atomic E-state index is 5.81. The van der Waals surface area contributed by atoms with Gasteiger partial charge in [-0.25, -0.2) is 0 Å². The molecular formula is C5H11Al3N2. The maximum Gasteiger partial charge on any atom is 0.290 e. The molecule has 0 atom stereocenters. The summed E-state index contributed by atoms with van der Waals surface area (Å²) in [5.74, 6) is 5.81. The highest BCUT2D eigenvalue weighted by Crippen LogP contribution is 1.81. The SMILES string of the molecule is Cc1[c]([AlH2])[c]([AlH2])n(N)[c]1[AlH2]. The summed E-state index contributed by atoms with van der Waals surface area (Å²) in [5.41, 5.74) is 1.46. The zero-order valence-electron chi connectivity index (χ0n) is 7.02. The monoisotopic (exact) mass is 180 g/mol. The average molecular weight is 180 g/mol. The molecule has 0 aliphatic heterocycles. The molecule has 0 fully saturated rings. The van der Waals surface area contributed by atoms with Crippen molar-refractivity contribution in [2.75, 3.05) is 5.84 Å². The first kappa shape index (κ1) is 8.77. The Labute approximate surface area is 85.0 Å². The molecular weight excluding hydrogens is 169 g/mol. The summed E-state index contributed by atoms with van der Waals surface area (Å²) in [6, 6.07) is 0. The Hall–Kier alpha value is 0.677. The van der Waals surface area contributed by atoms with Gasteiger partial charge in [0.1, 0.15) is 0 Å². The molecule has 0 aromatic carbocycles. The van der Waals surface area contributed by atoms with Crippen LogP contribution in [0.15, 0.2) is 0 Å². The first-order chi connectivity index (χ1) is 4.55. The van der Waals surface area contributed by atoms with Crippen LogP contribution in [-0.2, 0) is 0 Å². The Morgan fingerprint density at radius 3 is 1.80 bits per heavy atom. The van der Waals surface area contributed by atoms with Crippen LogP contribution in [0, 0.1) is 6.92 Å². The second-order valence-corrected chi connectivity index (χ2v) is 5.69. The van der Waals surface area contributed by atoms with Crippen LogP contribution in [0.5, 0.6) is 0 Å². The molecule has 1 aromatic rings. The van der Waals surface area contributed by atoms with E-state index in [1.165, 1.54) is 14.7 Å².